The first-order chi connectivity index (χ1) is 8.19. The molecule has 0 bridgehead atoms. The van der Waals surface area contributed by atoms with E-state index in [1.165, 1.54) is 0 Å². The van der Waals surface area contributed by atoms with Gasteiger partial charge in [0, 0.05) is 30.0 Å². The Hall–Kier alpha value is -1.42. The fourth-order valence-electron chi connectivity index (χ4n) is 2.62. The summed E-state index contributed by atoms with van der Waals surface area (Å²) in [6, 6.07) is 1.69. The summed E-state index contributed by atoms with van der Waals surface area (Å²) in [6.45, 7) is 3.78. The molecule has 1 aromatic rings. The van der Waals surface area contributed by atoms with Crippen LogP contribution in [-0.2, 0) is 0 Å². The molecule has 1 atom stereocenters. The lowest BCUT2D eigenvalue weighted by Crippen LogP contribution is -2.34. The minimum Gasteiger partial charge on any atom is -0.398 e. The Morgan fingerprint density at radius 2 is 2.47 bits per heavy atom. The summed E-state index contributed by atoms with van der Waals surface area (Å²) >= 11 is 0. The second-order valence-corrected chi connectivity index (χ2v) is 4.75. The summed E-state index contributed by atoms with van der Waals surface area (Å²) in [5.74, 6) is 0.148. The Balaban J connectivity index is 2.32. The smallest absolute Gasteiger partial charge is 0.173 e. The molecule has 0 aromatic carbocycles. The van der Waals surface area contributed by atoms with E-state index >= 15 is 0 Å². The Morgan fingerprint density at radius 1 is 1.65 bits per heavy atom. The van der Waals surface area contributed by atoms with Gasteiger partial charge in [-0.2, -0.15) is 0 Å². The molecule has 1 saturated heterocycles. The van der Waals surface area contributed by atoms with Gasteiger partial charge < -0.3 is 11.1 Å². The van der Waals surface area contributed by atoms with Crippen molar-refractivity contribution in [2.75, 3.05) is 18.8 Å². The monoisotopic (exact) mass is 233 g/mol. The van der Waals surface area contributed by atoms with E-state index in [4.69, 9.17) is 5.73 Å². The summed E-state index contributed by atoms with van der Waals surface area (Å²) in [4.78, 5) is 16.6. The maximum absolute atomic E-state index is 12.6. The van der Waals surface area contributed by atoms with Crippen molar-refractivity contribution in [1.29, 1.82) is 0 Å². The van der Waals surface area contributed by atoms with Gasteiger partial charge in [-0.15, -0.1) is 0 Å². The number of anilines is 1. The summed E-state index contributed by atoms with van der Waals surface area (Å²) in [5.41, 5.74) is 6.70. The van der Waals surface area contributed by atoms with Crippen LogP contribution in [0.1, 0.15) is 36.5 Å². The van der Waals surface area contributed by atoms with Crippen molar-refractivity contribution in [1.82, 2.24) is 10.3 Å². The minimum absolute atomic E-state index is 0.148. The van der Waals surface area contributed by atoms with Crippen molar-refractivity contribution in [3.8, 4) is 0 Å². The van der Waals surface area contributed by atoms with E-state index in [2.05, 4.69) is 17.2 Å². The summed E-state index contributed by atoms with van der Waals surface area (Å²) in [7, 11) is 0. The highest BCUT2D eigenvalue weighted by Gasteiger charge is 2.41. The van der Waals surface area contributed by atoms with Gasteiger partial charge in [0.1, 0.15) is 0 Å². The van der Waals surface area contributed by atoms with Gasteiger partial charge in [-0.3, -0.25) is 9.78 Å². The Morgan fingerprint density at radius 3 is 3.06 bits per heavy atom. The largest absolute Gasteiger partial charge is 0.398 e. The third kappa shape index (κ3) is 2.17. The van der Waals surface area contributed by atoms with E-state index in [1.54, 1.807) is 18.5 Å². The number of aromatic nitrogens is 1. The van der Waals surface area contributed by atoms with E-state index < -0.39 is 0 Å². The van der Waals surface area contributed by atoms with Crippen molar-refractivity contribution < 1.29 is 4.79 Å². The second kappa shape index (κ2) is 4.84. The lowest BCUT2D eigenvalue weighted by atomic mass is 9.76. The van der Waals surface area contributed by atoms with Crippen molar-refractivity contribution in [2.24, 2.45) is 5.41 Å². The van der Waals surface area contributed by atoms with Crippen LogP contribution in [0.25, 0.3) is 0 Å². The van der Waals surface area contributed by atoms with Gasteiger partial charge in [0.05, 0.1) is 5.56 Å². The van der Waals surface area contributed by atoms with E-state index in [1.807, 2.05) is 0 Å². The van der Waals surface area contributed by atoms with E-state index in [-0.39, 0.29) is 11.2 Å². The number of nitrogens with one attached hydrogen (secondary N) is 1. The number of nitrogen functional groups attached to an aromatic ring is 1. The predicted molar refractivity (Wildman–Crippen MR) is 67.8 cm³/mol. The van der Waals surface area contributed by atoms with Gasteiger partial charge in [0.2, 0.25) is 0 Å². The molecule has 0 radical (unpaired) electrons. The topological polar surface area (TPSA) is 68.0 Å². The van der Waals surface area contributed by atoms with Gasteiger partial charge in [-0.1, -0.05) is 13.3 Å². The minimum atomic E-state index is -0.272. The maximum atomic E-state index is 12.6. The highest BCUT2D eigenvalue weighted by Crippen LogP contribution is 2.35. The number of pyridine rings is 1. The number of carbonyl (C=O) groups is 1. The highest BCUT2D eigenvalue weighted by atomic mass is 16.1. The third-order valence-corrected chi connectivity index (χ3v) is 3.55. The van der Waals surface area contributed by atoms with E-state index in [9.17, 15) is 4.79 Å². The molecule has 0 amide bonds. The summed E-state index contributed by atoms with van der Waals surface area (Å²) in [6.07, 6.45) is 6.02. The Kier molecular flexibility index (Phi) is 3.43. The molecule has 4 nitrogen and oxygen atoms in total. The van der Waals surface area contributed by atoms with Gasteiger partial charge in [-0.05, 0) is 25.5 Å². The molecule has 17 heavy (non-hydrogen) atoms. The molecule has 92 valence electrons. The molecular weight excluding hydrogens is 214 g/mol. The molecule has 0 saturated carbocycles. The van der Waals surface area contributed by atoms with Gasteiger partial charge in [-0.25, -0.2) is 0 Å². The van der Waals surface area contributed by atoms with Crippen LogP contribution in [0, 0.1) is 5.41 Å². The first kappa shape index (κ1) is 12.0. The van der Waals surface area contributed by atoms with Crippen LogP contribution in [-0.4, -0.2) is 23.9 Å². The molecule has 1 aromatic heterocycles. The van der Waals surface area contributed by atoms with Crippen LogP contribution in [0.5, 0.6) is 0 Å². The number of rotatable bonds is 4. The van der Waals surface area contributed by atoms with Gasteiger partial charge >= 0.3 is 0 Å². The SMILES string of the molecule is CCCC1(C(=O)c2cnccc2N)CCNC1. The number of nitrogens with zero attached hydrogens (tertiary/aromatic N) is 1. The van der Waals surface area contributed by atoms with Crippen molar-refractivity contribution in [2.45, 2.75) is 26.2 Å². The molecule has 1 fully saturated rings. The quantitative estimate of drug-likeness (QED) is 0.775. The van der Waals surface area contributed by atoms with Crippen LogP contribution in [0.3, 0.4) is 0 Å². The van der Waals surface area contributed by atoms with E-state index in [0.29, 0.717) is 11.3 Å². The molecule has 4 heteroatoms. The highest BCUT2D eigenvalue weighted by molar-refractivity contribution is 6.04. The molecule has 0 spiro atoms. The third-order valence-electron chi connectivity index (χ3n) is 3.55. The number of Topliss-reactive ketones (excluding diaryl/α,β-unsaturated/α-hetero) is 1. The molecular formula is C13H19N3O. The number of hydrogen-bond donors (Lipinski definition) is 2. The second-order valence-electron chi connectivity index (χ2n) is 4.75. The van der Waals surface area contributed by atoms with Crippen LogP contribution in [0.4, 0.5) is 5.69 Å². The first-order valence-corrected chi connectivity index (χ1v) is 6.14. The molecule has 0 aliphatic carbocycles. The van der Waals surface area contributed by atoms with Crippen molar-refractivity contribution in [3.05, 3.63) is 24.0 Å². The van der Waals surface area contributed by atoms with Gasteiger partial charge in [0.15, 0.2) is 5.78 Å². The average molecular weight is 233 g/mol. The van der Waals surface area contributed by atoms with Gasteiger partial charge in [0.25, 0.3) is 0 Å². The fourth-order valence-corrected chi connectivity index (χ4v) is 2.62. The lowest BCUT2D eigenvalue weighted by Gasteiger charge is -2.26. The molecule has 1 unspecified atom stereocenters. The molecule has 2 rings (SSSR count). The zero-order chi connectivity index (χ0) is 12.3. The van der Waals surface area contributed by atoms with Crippen LogP contribution in [0.2, 0.25) is 0 Å². The number of carbonyl (C=O) groups excluding carboxylic acids is 1. The van der Waals surface area contributed by atoms with Crippen LogP contribution < -0.4 is 11.1 Å². The molecule has 3 N–H and O–H groups in total. The summed E-state index contributed by atoms with van der Waals surface area (Å²) in [5, 5.41) is 3.29. The number of hydrogen-bond acceptors (Lipinski definition) is 4. The fraction of sp³-hybridized carbons (Fsp3) is 0.538. The average Bonchev–Trinajstić information content (AvgIpc) is 2.79. The standard InChI is InChI=1S/C13H19N3O/c1-2-4-13(5-7-16-9-13)12(17)10-8-15-6-3-11(10)14/h3,6,8,16H,2,4-5,7,9H2,1H3,(H2,14,15). The summed E-state index contributed by atoms with van der Waals surface area (Å²) < 4.78 is 0. The van der Waals surface area contributed by atoms with E-state index in [0.717, 1.165) is 32.4 Å². The van der Waals surface area contributed by atoms with Crippen molar-refractivity contribution >= 4 is 11.5 Å². The van der Waals surface area contributed by atoms with Crippen molar-refractivity contribution in [3.63, 3.8) is 0 Å². The van der Waals surface area contributed by atoms with Crippen LogP contribution in [0.15, 0.2) is 18.5 Å². The Labute approximate surface area is 102 Å². The van der Waals surface area contributed by atoms with Crippen LogP contribution >= 0.6 is 0 Å². The Bertz CT molecular complexity index is 411. The predicted octanol–water partition coefficient (Wildman–Crippen LogP) is 1.63. The number of nitrogens with two attached hydrogens (primary N) is 1. The zero-order valence-electron chi connectivity index (χ0n) is 10.2. The first-order valence-electron chi connectivity index (χ1n) is 6.14. The number of ketones is 1. The molecule has 1 aliphatic rings. The lowest BCUT2D eigenvalue weighted by molar-refractivity contribution is 0.0802. The normalized spacial score (nSPS) is 23.8. The zero-order valence-corrected chi connectivity index (χ0v) is 10.2. The molecule has 2 heterocycles. The molecule has 1 aliphatic heterocycles. The maximum Gasteiger partial charge on any atom is 0.173 e.